The third-order valence-electron chi connectivity index (χ3n) is 4.85. The van der Waals surface area contributed by atoms with Gasteiger partial charge in [-0.2, -0.15) is 0 Å². The minimum absolute atomic E-state index is 0.151. The van der Waals surface area contributed by atoms with Gasteiger partial charge < -0.3 is 9.84 Å². The fourth-order valence-electron chi connectivity index (χ4n) is 3.18. The van der Waals surface area contributed by atoms with Crippen LogP contribution in [0.4, 0.5) is 5.69 Å². The molecule has 4 nitrogen and oxygen atoms in total. The number of ether oxygens (including phenoxy) is 1. The zero-order valence-corrected chi connectivity index (χ0v) is 18.8. The lowest BCUT2D eigenvalue weighted by molar-refractivity contribution is -0.113. The second kappa shape index (κ2) is 11.2. The number of hydrogen-bond acceptors (Lipinski definition) is 5. The summed E-state index contributed by atoms with van der Waals surface area (Å²) in [5.74, 6) is 0.843. The number of anilines is 1. The fraction of sp³-hybridized carbons (Fsp3) is 0.333. The molecule has 0 atom stereocenters. The summed E-state index contributed by atoms with van der Waals surface area (Å²) in [6, 6.07) is 14.2. The molecule has 0 unspecified atom stereocenters. The van der Waals surface area contributed by atoms with E-state index in [-0.39, 0.29) is 11.7 Å². The molecule has 3 rings (SSSR count). The Morgan fingerprint density at radius 1 is 1.00 bits per heavy atom. The van der Waals surface area contributed by atoms with Crippen molar-refractivity contribution in [1.82, 2.24) is 0 Å². The van der Waals surface area contributed by atoms with Crippen molar-refractivity contribution in [2.24, 2.45) is 0 Å². The molecule has 1 aliphatic heterocycles. The van der Waals surface area contributed by atoms with Crippen molar-refractivity contribution in [3.05, 3.63) is 59.0 Å². The Morgan fingerprint density at radius 3 is 2.37 bits per heavy atom. The van der Waals surface area contributed by atoms with Gasteiger partial charge in [0.15, 0.2) is 4.32 Å². The van der Waals surface area contributed by atoms with Crippen LogP contribution in [0.2, 0.25) is 0 Å². The topological polar surface area (TPSA) is 49.8 Å². The number of nitrogens with zero attached hydrogens (tertiary/aromatic N) is 1. The van der Waals surface area contributed by atoms with Crippen LogP contribution in [0.15, 0.2) is 53.4 Å². The van der Waals surface area contributed by atoms with Crippen molar-refractivity contribution >= 4 is 46.0 Å². The van der Waals surface area contributed by atoms with Crippen LogP contribution < -0.4 is 9.64 Å². The Morgan fingerprint density at radius 2 is 1.67 bits per heavy atom. The minimum Gasteiger partial charge on any atom is -0.508 e. The molecule has 0 radical (unpaired) electrons. The first kappa shape index (κ1) is 22.4. The Labute approximate surface area is 187 Å². The predicted octanol–water partition coefficient (Wildman–Crippen LogP) is 6.54. The average Bonchev–Trinajstić information content (AvgIpc) is 3.02. The standard InChI is InChI=1S/C24H27NO3S2/c1-2-3-4-5-6-7-16-28-21-14-8-18(9-15-21)17-22-23(27)25(24(29)30-22)19-10-12-20(26)13-11-19/h8-15,17,26H,2-7,16H2,1H3. The molecule has 30 heavy (non-hydrogen) atoms. The number of rotatable bonds is 10. The molecule has 1 saturated heterocycles. The van der Waals surface area contributed by atoms with E-state index in [1.165, 1.54) is 48.8 Å². The summed E-state index contributed by atoms with van der Waals surface area (Å²) < 4.78 is 6.30. The molecule has 0 bridgehead atoms. The van der Waals surface area contributed by atoms with E-state index in [9.17, 15) is 9.90 Å². The van der Waals surface area contributed by atoms with E-state index in [0.717, 1.165) is 24.3 Å². The Hall–Kier alpha value is -2.31. The molecular weight excluding hydrogens is 414 g/mol. The number of thioether (sulfide) groups is 1. The van der Waals surface area contributed by atoms with Crippen molar-refractivity contribution in [3.8, 4) is 11.5 Å². The number of unbranched alkanes of at least 4 members (excludes halogenated alkanes) is 5. The van der Waals surface area contributed by atoms with Crippen LogP contribution in [-0.4, -0.2) is 21.9 Å². The van der Waals surface area contributed by atoms with E-state index >= 15 is 0 Å². The van der Waals surface area contributed by atoms with Gasteiger partial charge >= 0.3 is 0 Å². The summed E-state index contributed by atoms with van der Waals surface area (Å²) in [7, 11) is 0. The highest BCUT2D eigenvalue weighted by Gasteiger charge is 2.33. The van der Waals surface area contributed by atoms with Gasteiger partial charge in [-0.15, -0.1) is 0 Å². The van der Waals surface area contributed by atoms with Crippen LogP contribution in [0, 0.1) is 0 Å². The van der Waals surface area contributed by atoms with Crippen molar-refractivity contribution in [1.29, 1.82) is 0 Å². The van der Waals surface area contributed by atoms with Crippen LogP contribution in [0.25, 0.3) is 6.08 Å². The summed E-state index contributed by atoms with van der Waals surface area (Å²) >= 11 is 6.66. The van der Waals surface area contributed by atoms with Gasteiger partial charge in [0.2, 0.25) is 0 Å². The largest absolute Gasteiger partial charge is 0.508 e. The first-order valence-electron chi connectivity index (χ1n) is 10.4. The monoisotopic (exact) mass is 441 g/mol. The lowest BCUT2D eigenvalue weighted by Gasteiger charge is -2.14. The summed E-state index contributed by atoms with van der Waals surface area (Å²) in [4.78, 5) is 14.9. The average molecular weight is 442 g/mol. The summed E-state index contributed by atoms with van der Waals surface area (Å²) in [6.45, 7) is 2.96. The van der Waals surface area contributed by atoms with Crippen molar-refractivity contribution in [2.75, 3.05) is 11.5 Å². The molecule has 1 N–H and O–H groups in total. The van der Waals surface area contributed by atoms with E-state index in [0.29, 0.717) is 14.9 Å². The maximum Gasteiger partial charge on any atom is 0.270 e. The third kappa shape index (κ3) is 6.09. The Kier molecular flexibility index (Phi) is 8.34. The van der Waals surface area contributed by atoms with Gasteiger partial charge in [-0.1, -0.05) is 75.1 Å². The molecular formula is C24H27NO3S2. The number of carbonyl (C=O) groups excluding carboxylic acids is 1. The Bertz CT molecular complexity index is 892. The number of phenols is 1. The fourth-order valence-corrected chi connectivity index (χ4v) is 4.48. The van der Waals surface area contributed by atoms with Crippen LogP contribution in [-0.2, 0) is 4.79 Å². The molecule has 2 aromatic rings. The van der Waals surface area contributed by atoms with Gasteiger partial charge in [-0.05, 0) is 54.5 Å². The van der Waals surface area contributed by atoms with Gasteiger partial charge in [0.1, 0.15) is 11.5 Å². The number of aromatic hydroxyl groups is 1. The zero-order chi connectivity index (χ0) is 21.3. The second-order valence-electron chi connectivity index (χ2n) is 7.22. The number of hydrogen-bond donors (Lipinski definition) is 1. The van der Waals surface area contributed by atoms with Crippen LogP contribution >= 0.6 is 24.0 Å². The molecule has 1 heterocycles. The van der Waals surface area contributed by atoms with Gasteiger partial charge in [0, 0.05) is 0 Å². The molecule has 1 aliphatic rings. The maximum atomic E-state index is 12.8. The summed E-state index contributed by atoms with van der Waals surface area (Å²) in [5.41, 5.74) is 1.57. The van der Waals surface area contributed by atoms with E-state index in [2.05, 4.69) is 6.92 Å². The predicted molar refractivity (Wildman–Crippen MR) is 129 cm³/mol. The highest BCUT2D eigenvalue weighted by molar-refractivity contribution is 8.27. The molecule has 1 amide bonds. The van der Waals surface area contributed by atoms with Gasteiger partial charge in [0.05, 0.1) is 17.2 Å². The molecule has 1 fully saturated rings. The van der Waals surface area contributed by atoms with Crippen LogP contribution in [0.5, 0.6) is 11.5 Å². The second-order valence-corrected chi connectivity index (χ2v) is 8.89. The maximum absolute atomic E-state index is 12.8. The molecule has 0 saturated carbocycles. The molecule has 0 aliphatic carbocycles. The normalized spacial score (nSPS) is 15.2. The first-order chi connectivity index (χ1) is 14.6. The Balaban J connectivity index is 1.54. The van der Waals surface area contributed by atoms with Crippen molar-refractivity contribution < 1.29 is 14.6 Å². The molecule has 0 spiro atoms. The number of benzene rings is 2. The highest BCUT2D eigenvalue weighted by atomic mass is 32.2. The summed E-state index contributed by atoms with van der Waals surface area (Å²) in [6.07, 6.45) is 9.30. The minimum atomic E-state index is -0.154. The van der Waals surface area contributed by atoms with E-state index in [1.54, 1.807) is 24.3 Å². The molecule has 6 heteroatoms. The zero-order valence-electron chi connectivity index (χ0n) is 17.2. The van der Waals surface area contributed by atoms with E-state index in [1.807, 2.05) is 30.3 Å². The van der Waals surface area contributed by atoms with Crippen molar-refractivity contribution in [3.63, 3.8) is 0 Å². The lowest BCUT2D eigenvalue weighted by Crippen LogP contribution is -2.27. The number of thiocarbonyl (C=S) groups is 1. The molecule has 2 aromatic carbocycles. The van der Waals surface area contributed by atoms with Crippen LogP contribution in [0.3, 0.4) is 0 Å². The number of carbonyl (C=O) groups is 1. The molecule has 0 aromatic heterocycles. The van der Waals surface area contributed by atoms with Gasteiger partial charge in [-0.3, -0.25) is 9.69 Å². The summed E-state index contributed by atoms with van der Waals surface area (Å²) in [5, 5.41) is 9.45. The third-order valence-corrected chi connectivity index (χ3v) is 6.15. The lowest BCUT2D eigenvalue weighted by atomic mass is 10.1. The quantitative estimate of drug-likeness (QED) is 0.258. The SMILES string of the molecule is CCCCCCCCOc1ccc(C=C2SC(=S)N(c3ccc(O)cc3)C2=O)cc1. The number of amides is 1. The van der Waals surface area contributed by atoms with E-state index < -0.39 is 0 Å². The van der Waals surface area contributed by atoms with Crippen LogP contribution in [0.1, 0.15) is 51.0 Å². The van der Waals surface area contributed by atoms with E-state index in [4.69, 9.17) is 17.0 Å². The highest BCUT2D eigenvalue weighted by Crippen LogP contribution is 2.36. The smallest absolute Gasteiger partial charge is 0.270 e. The van der Waals surface area contributed by atoms with Gasteiger partial charge in [0.25, 0.3) is 5.91 Å². The number of phenolic OH excluding ortho intramolecular Hbond substituents is 1. The van der Waals surface area contributed by atoms with Gasteiger partial charge in [-0.25, -0.2) is 0 Å². The molecule has 158 valence electrons. The first-order valence-corrected chi connectivity index (χ1v) is 11.6. The van der Waals surface area contributed by atoms with Crippen molar-refractivity contribution in [2.45, 2.75) is 45.4 Å².